The van der Waals surface area contributed by atoms with Crippen LogP contribution >= 0.6 is 23.4 Å². The molecule has 0 aliphatic carbocycles. The number of halogens is 1. The van der Waals surface area contributed by atoms with E-state index in [9.17, 15) is 0 Å². The van der Waals surface area contributed by atoms with Gasteiger partial charge in [0.15, 0.2) is 0 Å². The van der Waals surface area contributed by atoms with Crippen LogP contribution in [0.25, 0.3) is 0 Å². The molecule has 0 aliphatic heterocycles. The molecule has 0 radical (unpaired) electrons. The second-order valence-electron chi connectivity index (χ2n) is 3.25. The standard InChI is InChI=1S/C11H11ClN4S/c1-14-10-9(6-15-11(13)16-10)17-8-4-2-7(12)3-5-8/h2-6H,1H3,(H3,13,14,15,16). The molecule has 2 aromatic rings. The number of hydrogen-bond donors (Lipinski definition) is 2. The zero-order valence-electron chi connectivity index (χ0n) is 9.14. The largest absolute Gasteiger partial charge is 0.372 e. The summed E-state index contributed by atoms with van der Waals surface area (Å²) < 4.78 is 0. The Balaban J connectivity index is 2.26. The van der Waals surface area contributed by atoms with E-state index in [0.29, 0.717) is 0 Å². The number of benzene rings is 1. The third kappa shape index (κ3) is 3.01. The molecule has 88 valence electrons. The minimum Gasteiger partial charge on any atom is -0.372 e. The van der Waals surface area contributed by atoms with Gasteiger partial charge in [-0.25, -0.2) is 4.98 Å². The number of nitrogens with two attached hydrogens (primary N) is 1. The molecular weight excluding hydrogens is 256 g/mol. The lowest BCUT2D eigenvalue weighted by Gasteiger charge is -2.07. The molecule has 17 heavy (non-hydrogen) atoms. The smallest absolute Gasteiger partial charge is 0.221 e. The molecule has 1 aromatic carbocycles. The average Bonchev–Trinajstić information content (AvgIpc) is 2.34. The van der Waals surface area contributed by atoms with Gasteiger partial charge in [-0.2, -0.15) is 4.98 Å². The molecule has 0 unspecified atom stereocenters. The fraction of sp³-hybridized carbons (Fsp3) is 0.0909. The number of hydrogen-bond acceptors (Lipinski definition) is 5. The molecule has 0 saturated carbocycles. The summed E-state index contributed by atoms with van der Waals surface area (Å²) >= 11 is 7.39. The Bertz CT molecular complexity index is 515. The van der Waals surface area contributed by atoms with Crippen LogP contribution in [-0.2, 0) is 0 Å². The molecule has 0 amide bonds. The Hall–Kier alpha value is -1.46. The van der Waals surface area contributed by atoms with Crippen molar-refractivity contribution in [2.45, 2.75) is 9.79 Å². The molecule has 2 rings (SSSR count). The van der Waals surface area contributed by atoms with Gasteiger partial charge in [0.25, 0.3) is 0 Å². The summed E-state index contributed by atoms with van der Waals surface area (Å²) in [5.74, 6) is 0.979. The fourth-order valence-corrected chi connectivity index (χ4v) is 2.27. The van der Waals surface area contributed by atoms with Gasteiger partial charge in [-0.15, -0.1) is 0 Å². The molecule has 0 saturated heterocycles. The van der Waals surface area contributed by atoms with E-state index in [2.05, 4.69) is 15.3 Å². The maximum absolute atomic E-state index is 5.83. The monoisotopic (exact) mass is 266 g/mol. The van der Waals surface area contributed by atoms with Gasteiger partial charge < -0.3 is 11.1 Å². The SMILES string of the molecule is CNc1nc(N)ncc1Sc1ccc(Cl)cc1. The van der Waals surface area contributed by atoms with Crippen molar-refractivity contribution in [3.05, 3.63) is 35.5 Å². The third-order valence-corrected chi connectivity index (χ3v) is 3.33. The summed E-state index contributed by atoms with van der Waals surface area (Å²) in [5, 5.41) is 3.71. The van der Waals surface area contributed by atoms with Crippen LogP contribution in [0, 0.1) is 0 Å². The summed E-state index contributed by atoms with van der Waals surface area (Å²) in [6.07, 6.45) is 1.70. The maximum atomic E-state index is 5.83. The van der Waals surface area contributed by atoms with Crippen molar-refractivity contribution < 1.29 is 0 Å². The minimum absolute atomic E-state index is 0.259. The molecule has 0 fully saturated rings. The lowest BCUT2D eigenvalue weighted by Crippen LogP contribution is -2.00. The van der Waals surface area contributed by atoms with E-state index in [1.54, 1.807) is 25.0 Å². The molecular formula is C11H11ClN4S. The molecule has 3 N–H and O–H groups in total. The van der Waals surface area contributed by atoms with Crippen LogP contribution in [0.3, 0.4) is 0 Å². The van der Waals surface area contributed by atoms with E-state index < -0.39 is 0 Å². The first-order chi connectivity index (χ1) is 8.19. The Labute approximate surface area is 109 Å². The zero-order valence-corrected chi connectivity index (χ0v) is 10.7. The second-order valence-corrected chi connectivity index (χ2v) is 4.80. The van der Waals surface area contributed by atoms with Crippen LogP contribution in [-0.4, -0.2) is 17.0 Å². The topological polar surface area (TPSA) is 63.8 Å². The first kappa shape index (κ1) is 12.0. The van der Waals surface area contributed by atoms with E-state index in [0.717, 1.165) is 20.6 Å². The molecule has 0 aliphatic rings. The van der Waals surface area contributed by atoms with Crippen molar-refractivity contribution in [3.63, 3.8) is 0 Å². The lowest BCUT2D eigenvalue weighted by atomic mass is 10.4. The van der Waals surface area contributed by atoms with Gasteiger partial charge in [0.05, 0.1) is 4.90 Å². The average molecular weight is 267 g/mol. The predicted molar refractivity (Wildman–Crippen MR) is 71.6 cm³/mol. The van der Waals surface area contributed by atoms with Gasteiger partial charge >= 0.3 is 0 Å². The molecule has 0 atom stereocenters. The van der Waals surface area contributed by atoms with E-state index in [4.69, 9.17) is 17.3 Å². The van der Waals surface area contributed by atoms with E-state index in [1.165, 1.54) is 0 Å². The zero-order chi connectivity index (χ0) is 12.3. The van der Waals surface area contributed by atoms with E-state index >= 15 is 0 Å². The highest BCUT2D eigenvalue weighted by Crippen LogP contribution is 2.32. The second kappa shape index (κ2) is 5.25. The first-order valence-electron chi connectivity index (χ1n) is 4.92. The summed E-state index contributed by atoms with van der Waals surface area (Å²) in [4.78, 5) is 10.1. The van der Waals surface area contributed by atoms with Crippen LogP contribution < -0.4 is 11.1 Å². The summed E-state index contributed by atoms with van der Waals surface area (Å²) in [5.41, 5.74) is 5.53. The quantitative estimate of drug-likeness (QED) is 0.894. The summed E-state index contributed by atoms with van der Waals surface area (Å²) in [6.45, 7) is 0. The highest BCUT2D eigenvalue weighted by Gasteiger charge is 2.06. The van der Waals surface area contributed by atoms with Crippen molar-refractivity contribution in [1.29, 1.82) is 0 Å². The fourth-order valence-electron chi connectivity index (χ4n) is 1.27. The van der Waals surface area contributed by atoms with E-state index in [1.807, 2.05) is 24.3 Å². The van der Waals surface area contributed by atoms with Crippen molar-refractivity contribution in [3.8, 4) is 0 Å². The van der Waals surface area contributed by atoms with Crippen molar-refractivity contribution in [2.75, 3.05) is 18.1 Å². The Morgan fingerprint density at radius 2 is 2.00 bits per heavy atom. The number of anilines is 2. The highest BCUT2D eigenvalue weighted by molar-refractivity contribution is 7.99. The Kier molecular flexibility index (Phi) is 3.71. The number of rotatable bonds is 3. The Morgan fingerprint density at radius 1 is 1.29 bits per heavy atom. The van der Waals surface area contributed by atoms with Crippen LogP contribution in [0.5, 0.6) is 0 Å². The highest BCUT2D eigenvalue weighted by atomic mass is 35.5. The van der Waals surface area contributed by atoms with Crippen molar-refractivity contribution in [2.24, 2.45) is 0 Å². The summed E-state index contributed by atoms with van der Waals surface area (Å²) in [6, 6.07) is 7.59. The van der Waals surface area contributed by atoms with E-state index in [-0.39, 0.29) is 5.95 Å². The Morgan fingerprint density at radius 3 is 2.65 bits per heavy atom. The van der Waals surface area contributed by atoms with Crippen LogP contribution in [0.2, 0.25) is 5.02 Å². The number of nitrogen functional groups attached to an aromatic ring is 1. The molecule has 4 nitrogen and oxygen atoms in total. The molecule has 1 heterocycles. The summed E-state index contributed by atoms with van der Waals surface area (Å²) in [7, 11) is 1.80. The van der Waals surface area contributed by atoms with Gasteiger partial charge in [-0.1, -0.05) is 23.4 Å². The maximum Gasteiger partial charge on any atom is 0.221 e. The first-order valence-corrected chi connectivity index (χ1v) is 6.12. The number of aromatic nitrogens is 2. The third-order valence-electron chi connectivity index (χ3n) is 2.05. The van der Waals surface area contributed by atoms with Crippen molar-refractivity contribution in [1.82, 2.24) is 9.97 Å². The molecule has 1 aromatic heterocycles. The van der Waals surface area contributed by atoms with Gasteiger partial charge in [0, 0.05) is 23.2 Å². The number of nitrogens with one attached hydrogen (secondary N) is 1. The van der Waals surface area contributed by atoms with Gasteiger partial charge in [0.2, 0.25) is 5.95 Å². The van der Waals surface area contributed by atoms with Crippen LogP contribution in [0.1, 0.15) is 0 Å². The minimum atomic E-state index is 0.259. The van der Waals surface area contributed by atoms with Gasteiger partial charge in [-0.3, -0.25) is 0 Å². The van der Waals surface area contributed by atoms with Gasteiger partial charge in [-0.05, 0) is 24.3 Å². The van der Waals surface area contributed by atoms with Crippen molar-refractivity contribution >= 4 is 35.1 Å². The molecule has 0 bridgehead atoms. The lowest BCUT2D eigenvalue weighted by molar-refractivity contribution is 1.11. The van der Waals surface area contributed by atoms with Crippen LogP contribution in [0.4, 0.5) is 11.8 Å². The van der Waals surface area contributed by atoms with Crippen LogP contribution in [0.15, 0.2) is 40.3 Å². The van der Waals surface area contributed by atoms with Gasteiger partial charge in [0.1, 0.15) is 5.82 Å². The predicted octanol–water partition coefficient (Wildman–Crippen LogP) is 2.91. The normalized spacial score (nSPS) is 10.2. The number of nitrogens with zero attached hydrogens (tertiary/aromatic N) is 2. The molecule has 0 spiro atoms. The molecule has 6 heteroatoms.